The Kier molecular flexibility index (Phi) is 3.07. The van der Waals surface area contributed by atoms with Gasteiger partial charge in [-0.2, -0.15) is 0 Å². The summed E-state index contributed by atoms with van der Waals surface area (Å²) in [6.07, 6.45) is 0. The number of benzene rings is 2. The standard InChI is InChI=1S/C13H12BrN/c1-10-5-2-3-8-13(10)15-12-7-4-6-11(14)9-12/h2-9,15H,1H3. The molecule has 0 fully saturated rings. The molecule has 1 nitrogen and oxygen atoms in total. The zero-order valence-electron chi connectivity index (χ0n) is 8.50. The number of hydrogen-bond donors (Lipinski definition) is 1. The highest BCUT2D eigenvalue weighted by Gasteiger charge is 1.97. The molecule has 0 spiro atoms. The van der Waals surface area contributed by atoms with Gasteiger partial charge in [-0.05, 0) is 36.8 Å². The summed E-state index contributed by atoms with van der Waals surface area (Å²) in [5.41, 5.74) is 3.49. The first-order valence-electron chi connectivity index (χ1n) is 4.84. The summed E-state index contributed by atoms with van der Waals surface area (Å²) in [5.74, 6) is 0. The first-order chi connectivity index (χ1) is 7.25. The van der Waals surface area contributed by atoms with Crippen LogP contribution in [-0.4, -0.2) is 0 Å². The molecule has 0 aliphatic carbocycles. The molecule has 0 aliphatic rings. The molecule has 2 rings (SSSR count). The highest BCUT2D eigenvalue weighted by atomic mass is 79.9. The summed E-state index contributed by atoms with van der Waals surface area (Å²) in [4.78, 5) is 0. The summed E-state index contributed by atoms with van der Waals surface area (Å²) < 4.78 is 1.08. The van der Waals surface area contributed by atoms with Gasteiger partial charge in [0.1, 0.15) is 0 Å². The maximum Gasteiger partial charge on any atom is 0.0413 e. The molecule has 0 aliphatic heterocycles. The molecule has 0 saturated heterocycles. The number of nitrogens with one attached hydrogen (secondary N) is 1. The van der Waals surface area contributed by atoms with Crippen LogP contribution in [0.2, 0.25) is 0 Å². The SMILES string of the molecule is Cc1ccccc1Nc1cccc(Br)c1. The Morgan fingerprint density at radius 1 is 1.00 bits per heavy atom. The second-order valence-electron chi connectivity index (χ2n) is 3.45. The molecule has 2 heteroatoms. The summed E-state index contributed by atoms with van der Waals surface area (Å²) >= 11 is 3.45. The molecular formula is C13H12BrN. The van der Waals surface area contributed by atoms with Crippen LogP contribution in [0.25, 0.3) is 0 Å². The summed E-state index contributed by atoms with van der Waals surface area (Å²) in [6.45, 7) is 2.10. The van der Waals surface area contributed by atoms with Crippen LogP contribution in [0, 0.1) is 6.92 Å². The van der Waals surface area contributed by atoms with Gasteiger partial charge in [0.25, 0.3) is 0 Å². The lowest BCUT2D eigenvalue weighted by molar-refractivity contribution is 1.43. The van der Waals surface area contributed by atoms with E-state index in [1.807, 2.05) is 24.3 Å². The number of hydrogen-bond acceptors (Lipinski definition) is 1. The van der Waals surface area contributed by atoms with E-state index >= 15 is 0 Å². The number of halogens is 1. The molecule has 0 aromatic heterocycles. The van der Waals surface area contributed by atoms with Crippen molar-refractivity contribution in [2.75, 3.05) is 5.32 Å². The minimum atomic E-state index is 1.08. The molecule has 2 aromatic rings. The van der Waals surface area contributed by atoms with E-state index in [0.29, 0.717) is 0 Å². The Hall–Kier alpha value is -1.28. The zero-order chi connectivity index (χ0) is 10.7. The maximum atomic E-state index is 3.45. The lowest BCUT2D eigenvalue weighted by Gasteiger charge is -2.09. The van der Waals surface area contributed by atoms with Gasteiger partial charge in [0.15, 0.2) is 0 Å². The predicted molar refractivity (Wildman–Crippen MR) is 68.6 cm³/mol. The van der Waals surface area contributed by atoms with Crippen molar-refractivity contribution in [3.63, 3.8) is 0 Å². The van der Waals surface area contributed by atoms with E-state index in [4.69, 9.17) is 0 Å². The fourth-order valence-electron chi connectivity index (χ4n) is 1.43. The lowest BCUT2D eigenvalue weighted by atomic mass is 10.2. The van der Waals surface area contributed by atoms with E-state index in [9.17, 15) is 0 Å². The molecule has 0 bridgehead atoms. The molecule has 0 unspecified atom stereocenters. The molecule has 0 amide bonds. The fourth-order valence-corrected chi connectivity index (χ4v) is 1.83. The van der Waals surface area contributed by atoms with Gasteiger partial charge < -0.3 is 5.32 Å². The first-order valence-corrected chi connectivity index (χ1v) is 5.63. The molecule has 15 heavy (non-hydrogen) atoms. The van der Waals surface area contributed by atoms with E-state index in [1.54, 1.807) is 0 Å². The zero-order valence-corrected chi connectivity index (χ0v) is 10.1. The van der Waals surface area contributed by atoms with E-state index in [1.165, 1.54) is 5.56 Å². The molecular weight excluding hydrogens is 250 g/mol. The van der Waals surface area contributed by atoms with Gasteiger partial charge in [-0.25, -0.2) is 0 Å². The van der Waals surface area contributed by atoms with Gasteiger partial charge in [-0.1, -0.05) is 40.2 Å². The van der Waals surface area contributed by atoms with Gasteiger partial charge in [0, 0.05) is 15.8 Å². The van der Waals surface area contributed by atoms with E-state index in [2.05, 4.69) is 52.4 Å². The van der Waals surface area contributed by atoms with E-state index in [-0.39, 0.29) is 0 Å². The Morgan fingerprint density at radius 3 is 2.53 bits per heavy atom. The van der Waals surface area contributed by atoms with Crippen LogP contribution < -0.4 is 5.32 Å². The highest BCUT2D eigenvalue weighted by molar-refractivity contribution is 9.10. The smallest absolute Gasteiger partial charge is 0.0413 e. The van der Waals surface area contributed by atoms with Crippen molar-refractivity contribution < 1.29 is 0 Å². The second kappa shape index (κ2) is 4.49. The van der Waals surface area contributed by atoms with Gasteiger partial charge in [0.2, 0.25) is 0 Å². The summed E-state index contributed by atoms with van der Waals surface area (Å²) in [6, 6.07) is 16.4. The van der Waals surface area contributed by atoms with Crippen molar-refractivity contribution >= 4 is 27.3 Å². The largest absolute Gasteiger partial charge is 0.355 e. The normalized spacial score (nSPS) is 10.0. The Balaban J connectivity index is 2.26. The topological polar surface area (TPSA) is 12.0 Å². The van der Waals surface area contributed by atoms with Gasteiger partial charge in [-0.3, -0.25) is 0 Å². The minimum absolute atomic E-state index is 1.08. The Bertz CT molecular complexity index is 466. The molecule has 0 radical (unpaired) electrons. The quantitative estimate of drug-likeness (QED) is 0.840. The maximum absolute atomic E-state index is 3.45. The highest BCUT2D eigenvalue weighted by Crippen LogP contribution is 2.22. The number of anilines is 2. The molecule has 0 atom stereocenters. The molecule has 1 N–H and O–H groups in total. The predicted octanol–water partition coefficient (Wildman–Crippen LogP) is 4.50. The van der Waals surface area contributed by atoms with Crippen molar-refractivity contribution in [2.45, 2.75) is 6.92 Å². The van der Waals surface area contributed by atoms with Crippen LogP contribution in [0.5, 0.6) is 0 Å². The van der Waals surface area contributed by atoms with Crippen molar-refractivity contribution in [3.8, 4) is 0 Å². The van der Waals surface area contributed by atoms with Crippen LogP contribution in [0.3, 0.4) is 0 Å². The number of aryl methyl sites for hydroxylation is 1. The number of rotatable bonds is 2. The van der Waals surface area contributed by atoms with Crippen molar-refractivity contribution in [2.24, 2.45) is 0 Å². The van der Waals surface area contributed by atoms with Crippen LogP contribution in [-0.2, 0) is 0 Å². The third kappa shape index (κ3) is 2.60. The lowest BCUT2D eigenvalue weighted by Crippen LogP contribution is -1.92. The molecule has 0 saturated carbocycles. The van der Waals surface area contributed by atoms with Crippen molar-refractivity contribution in [1.82, 2.24) is 0 Å². The second-order valence-corrected chi connectivity index (χ2v) is 4.37. The number of para-hydroxylation sites is 1. The van der Waals surface area contributed by atoms with Crippen LogP contribution >= 0.6 is 15.9 Å². The van der Waals surface area contributed by atoms with Gasteiger partial charge >= 0.3 is 0 Å². The van der Waals surface area contributed by atoms with Crippen LogP contribution in [0.4, 0.5) is 11.4 Å². The third-order valence-electron chi connectivity index (χ3n) is 2.25. The molecule has 76 valence electrons. The van der Waals surface area contributed by atoms with Crippen molar-refractivity contribution in [1.29, 1.82) is 0 Å². The average molecular weight is 262 g/mol. The Morgan fingerprint density at radius 2 is 1.80 bits per heavy atom. The molecule has 0 heterocycles. The minimum Gasteiger partial charge on any atom is -0.355 e. The van der Waals surface area contributed by atoms with Gasteiger partial charge in [0.05, 0.1) is 0 Å². The van der Waals surface area contributed by atoms with E-state index in [0.717, 1.165) is 15.8 Å². The Labute approximate surface area is 98.3 Å². The monoisotopic (exact) mass is 261 g/mol. The average Bonchev–Trinajstić information content (AvgIpc) is 2.22. The summed E-state index contributed by atoms with van der Waals surface area (Å²) in [7, 11) is 0. The fraction of sp³-hybridized carbons (Fsp3) is 0.0769. The van der Waals surface area contributed by atoms with Crippen molar-refractivity contribution in [3.05, 3.63) is 58.6 Å². The first kappa shape index (κ1) is 10.2. The summed E-state index contributed by atoms with van der Waals surface area (Å²) in [5, 5.41) is 3.38. The van der Waals surface area contributed by atoms with Gasteiger partial charge in [-0.15, -0.1) is 0 Å². The third-order valence-corrected chi connectivity index (χ3v) is 2.74. The molecule has 2 aromatic carbocycles. The van der Waals surface area contributed by atoms with Crippen LogP contribution in [0.15, 0.2) is 53.0 Å². The van der Waals surface area contributed by atoms with E-state index < -0.39 is 0 Å². The van der Waals surface area contributed by atoms with Crippen LogP contribution in [0.1, 0.15) is 5.56 Å².